The fourth-order valence-electron chi connectivity index (χ4n) is 7.09. The average molecular weight is 613 g/mol. The topological polar surface area (TPSA) is 39.6 Å². The molecule has 0 radical (unpaired) electrons. The molecule has 0 saturated carbocycles. The van der Waals surface area contributed by atoms with Gasteiger partial charge in [-0.1, -0.05) is 31.5 Å². The number of nitrogens with one attached hydrogen (secondary N) is 1. The molecule has 0 unspecified atom stereocenters. The predicted molar refractivity (Wildman–Crippen MR) is 184 cm³/mol. The number of halogens is 1. The van der Waals surface area contributed by atoms with Gasteiger partial charge in [0, 0.05) is 61.8 Å². The van der Waals surface area contributed by atoms with Gasteiger partial charge in [-0.3, -0.25) is 4.98 Å². The Labute approximate surface area is 266 Å². The highest BCUT2D eigenvalue weighted by Crippen LogP contribution is 2.45. The van der Waals surface area contributed by atoms with Gasteiger partial charge in [0.15, 0.2) is 5.11 Å². The number of thiocarbonyl (C=S) groups is 1. The van der Waals surface area contributed by atoms with E-state index in [-0.39, 0.29) is 12.1 Å². The van der Waals surface area contributed by atoms with E-state index < -0.39 is 0 Å². The van der Waals surface area contributed by atoms with Crippen molar-refractivity contribution < 1.29 is 0 Å². The van der Waals surface area contributed by atoms with Crippen molar-refractivity contribution in [2.45, 2.75) is 46.2 Å². The van der Waals surface area contributed by atoms with Gasteiger partial charge in [0.2, 0.25) is 0 Å². The zero-order valence-electron chi connectivity index (χ0n) is 25.9. The van der Waals surface area contributed by atoms with E-state index in [4.69, 9.17) is 28.8 Å². The van der Waals surface area contributed by atoms with Crippen LogP contribution in [0.5, 0.6) is 0 Å². The van der Waals surface area contributed by atoms with Crippen molar-refractivity contribution in [1.29, 1.82) is 0 Å². The fourth-order valence-corrected chi connectivity index (χ4v) is 7.74. The summed E-state index contributed by atoms with van der Waals surface area (Å²) in [5.74, 6) is 1.29. The summed E-state index contributed by atoms with van der Waals surface area (Å²) in [6.07, 6.45) is 3.11. The summed E-state index contributed by atoms with van der Waals surface area (Å²) < 4.78 is 2.33. The van der Waals surface area contributed by atoms with Crippen molar-refractivity contribution >= 4 is 46.0 Å². The Bertz CT molecular complexity index is 1610. The SMILES string of the molecule is Cc1cc([C@H]2[C@H](c3ccccn3)NC(=S)N2c2ccc(N3C[C@H](C)C[C@H](C)C3)c(Cl)c2)c(C)n1-c1ccc(N(C)C)cc1. The summed E-state index contributed by atoms with van der Waals surface area (Å²) in [5.41, 5.74) is 8.89. The third-order valence-electron chi connectivity index (χ3n) is 8.93. The van der Waals surface area contributed by atoms with Gasteiger partial charge in [-0.15, -0.1) is 0 Å². The molecule has 6 rings (SSSR count). The number of nitrogens with zero attached hydrogens (tertiary/aromatic N) is 5. The van der Waals surface area contributed by atoms with Gasteiger partial charge in [-0.05, 0) is 111 Å². The molecular formula is C35H41ClN6S. The number of hydrogen-bond acceptors (Lipinski definition) is 4. The molecule has 2 aliphatic rings. The average Bonchev–Trinajstić information content (AvgIpc) is 3.47. The highest BCUT2D eigenvalue weighted by atomic mass is 35.5. The first-order valence-electron chi connectivity index (χ1n) is 15.1. The second kappa shape index (κ2) is 11.9. The minimum absolute atomic E-state index is 0.111. The highest BCUT2D eigenvalue weighted by molar-refractivity contribution is 7.80. The van der Waals surface area contributed by atoms with E-state index in [0.29, 0.717) is 16.9 Å². The largest absolute Gasteiger partial charge is 0.378 e. The normalized spacial score (nSPS) is 22.2. The third kappa shape index (κ3) is 5.61. The molecule has 0 bridgehead atoms. The molecule has 2 aromatic carbocycles. The van der Waals surface area contributed by atoms with Crippen LogP contribution in [0.1, 0.15) is 55.0 Å². The molecule has 6 nitrogen and oxygen atoms in total. The second-order valence-corrected chi connectivity index (χ2v) is 13.3. The van der Waals surface area contributed by atoms with E-state index in [1.54, 1.807) is 0 Å². The van der Waals surface area contributed by atoms with Crippen LogP contribution in [0.2, 0.25) is 5.02 Å². The number of hydrogen-bond donors (Lipinski definition) is 1. The Balaban J connectivity index is 1.42. The van der Waals surface area contributed by atoms with Gasteiger partial charge in [-0.2, -0.15) is 0 Å². The van der Waals surface area contributed by atoms with Crippen LogP contribution in [-0.4, -0.2) is 41.8 Å². The summed E-state index contributed by atoms with van der Waals surface area (Å²) in [6, 6.07) is 23.3. The van der Waals surface area contributed by atoms with Crippen molar-refractivity contribution in [2.75, 3.05) is 41.9 Å². The molecule has 4 heterocycles. The van der Waals surface area contributed by atoms with E-state index in [9.17, 15) is 0 Å². The van der Waals surface area contributed by atoms with Crippen LogP contribution in [0.3, 0.4) is 0 Å². The number of rotatable bonds is 6. The molecule has 0 amide bonds. The molecule has 0 spiro atoms. The van der Waals surface area contributed by atoms with Crippen LogP contribution < -0.4 is 20.0 Å². The molecule has 1 N–H and O–H groups in total. The lowest BCUT2D eigenvalue weighted by Crippen LogP contribution is -2.38. The smallest absolute Gasteiger partial charge is 0.174 e. The molecule has 4 atom stereocenters. The minimum atomic E-state index is -0.124. The lowest BCUT2D eigenvalue weighted by atomic mass is 9.91. The Morgan fingerprint density at radius 3 is 2.26 bits per heavy atom. The van der Waals surface area contributed by atoms with Gasteiger partial charge >= 0.3 is 0 Å². The molecule has 2 aliphatic heterocycles. The quantitative estimate of drug-likeness (QED) is 0.223. The van der Waals surface area contributed by atoms with Crippen molar-refractivity contribution in [3.8, 4) is 5.69 Å². The summed E-state index contributed by atoms with van der Waals surface area (Å²) in [6.45, 7) is 11.1. The van der Waals surface area contributed by atoms with Crippen LogP contribution in [0.4, 0.5) is 17.1 Å². The van der Waals surface area contributed by atoms with Gasteiger partial charge in [-0.25, -0.2) is 0 Å². The minimum Gasteiger partial charge on any atom is -0.378 e. The van der Waals surface area contributed by atoms with Crippen molar-refractivity contribution in [3.63, 3.8) is 0 Å². The molecule has 0 aliphatic carbocycles. The molecule has 8 heteroatoms. The number of pyridine rings is 1. The number of aromatic nitrogens is 2. The summed E-state index contributed by atoms with van der Waals surface area (Å²) in [7, 11) is 4.13. The maximum Gasteiger partial charge on any atom is 0.174 e. The monoisotopic (exact) mass is 612 g/mol. The van der Waals surface area contributed by atoms with Crippen LogP contribution in [0.15, 0.2) is 72.9 Å². The number of piperidine rings is 1. The van der Waals surface area contributed by atoms with Gasteiger partial charge in [0.05, 0.1) is 28.5 Å². The maximum absolute atomic E-state index is 7.06. The first-order chi connectivity index (χ1) is 20.6. The van der Waals surface area contributed by atoms with Crippen LogP contribution in [0, 0.1) is 25.7 Å². The molecule has 2 aromatic heterocycles. The van der Waals surface area contributed by atoms with Crippen LogP contribution in [0.25, 0.3) is 5.69 Å². The van der Waals surface area contributed by atoms with Gasteiger partial charge in [0.1, 0.15) is 0 Å². The molecule has 224 valence electrons. The van der Waals surface area contributed by atoms with Crippen molar-refractivity contribution in [3.05, 3.63) is 101 Å². The third-order valence-corrected chi connectivity index (χ3v) is 9.55. The standard InChI is InChI=1S/C35H41ClN6S/c1-22-17-23(2)21-40(20-22)32-15-14-28(19-30(32)36)42-34(33(38-35(42)43)31-9-7-8-16-37-31)29-18-24(3)41(25(29)4)27-12-10-26(11-13-27)39(5)6/h7-16,18-19,22-23,33-34H,17,20-21H2,1-6H3,(H,38,43)/t22-,23+,33-,34-/m0/s1. The van der Waals surface area contributed by atoms with Crippen LogP contribution in [-0.2, 0) is 0 Å². The Morgan fingerprint density at radius 1 is 0.930 bits per heavy atom. The lowest BCUT2D eigenvalue weighted by Gasteiger charge is -2.37. The molecule has 2 saturated heterocycles. The van der Waals surface area contributed by atoms with Gasteiger partial charge in [0.25, 0.3) is 0 Å². The first-order valence-corrected chi connectivity index (χ1v) is 15.9. The Hall–Kier alpha value is -3.55. The molecule has 4 aromatic rings. The fraction of sp³-hybridized carbons (Fsp3) is 0.371. The van der Waals surface area contributed by atoms with Gasteiger partial charge < -0.3 is 24.6 Å². The lowest BCUT2D eigenvalue weighted by molar-refractivity contribution is 0.357. The van der Waals surface area contributed by atoms with Crippen LogP contribution >= 0.6 is 23.8 Å². The number of anilines is 3. The maximum atomic E-state index is 7.06. The zero-order valence-corrected chi connectivity index (χ0v) is 27.5. The second-order valence-electron chi connectivity index (χ2n) is 12.6. The first kappa shape index (κ1) is 29.5. The summed E-state index contributed by atoms with van der Waals surface area (Å²) in [5, 5.41) is 5.05. The summed E-state index contributed by atoms with van der Waals surface area (Å²) in [4.78, 5) is 11.5. The highest BCUT2D eigenvalue weighted by Gasteiger charge is 2.42. The summed E-state index contributed by atoms with van der Waals surface area (Å²) >= 11 is 13.1. The number of aryl methyl sites for hydroxylation is 1. The number of benzene rings is 2. The Kier molecular flexibility index (Phi) is 8.14. The molecular weight excluding hydrogens is 572 g/mol. The predicted octanol–water partition coefficient (Wildman–Crippen LogP) is 7.87. The molecule has 43 heavy (non-hydrogen) atoms. The zero-order chi connectivity index (χ0) is 30.4. The van der Waals surface area contributed by atoms with E-state index in [1.807, 2.05) is 18.3 Å². The molecule has 2 fully saturated rings. The van der Waals surface area contributed by atoms with Crippen molar-refractivity contribution in [2.24, 2.45) is 11.8 Å². The van der Waals surface area contributed by atoms with E-state index >= 15 is 0 Å². The van der Waals surface area contributed by atoms with E-state index in [1.165, 1.54) is 29.1 Å². The van der Waals surface area contributed by atoms with Crippen molar-refractivity contribution in [1.82, 2.24) is 14.9 Å². The van der Waals surface area contributed by atoms with E-state index in [2.05, 4.69) is 121 Å². The van der Waals surface area contributed by atoms with E-state index in [0.717, 1.165) is 40.9 Å². The Morgan fingerprint density at radius 2 is 1.63 bits per heavy atom.